The van der Waals surface area contributed by atoms with Crippen LogP contribution in [0.3, 0.4) is 0 Å². The molecule has 3 fully saturated rings. The predicted octanol–water partition coefficient (Wildman–Crippen LogP) is 1.87. The van der Waals surface area contributed by atoms with Crippen LogP contribution in [0.5, 0.6) is 0 Å². The lowest BCUT2D eigenvalue weighted by Crippen LogP contribution is -2.40. The standard InChI is InChI=1S/C20H26FN3O2/c21-17-4-1-3-15(11-17)13-22-7-2-8-23(10-9-22)20(26)16-12-19(25)24(14-16)18-5-6-18/h1,3-4,11,16,18H,2,5-10,12-14H2/t16-/m1/s1. The normalized spacial score (nSPS) is 24.8. The number of likely N-dealkylation sites (tertiary alicyclic amines) is 1. The summed E-state index contributed by atoms with van der Waals surface area (Å²) in [6.45, 7) is 4.42. The zero-order valence-electron chi connectivity index (χ0n) is 15.1. The lowest BCUT2D eigenvalue weighted by Gasteiger charge is -2.24. The third kappa shape index (κ3) is 3.90. The molecule has 3 aliphatic rings. The summed E-state index contributed by atoms with van der Waals surface area (Å²) in [5.41, 5.74) is 0.964. The molecule has 2 amide bonds. The number of nitrogens with zero attached hydrogens (tertiary/aromatic N) is 3. The van der Waals surface area contributed by atoms with Crippen molar-refractivity contribution in [2.75, 3.05) is 32.7 Å². The molecule has 1 saturated carbocycles. The van der Waals surface area contributed by atoms with Crippen molar-refractivity contribution in [1.82, 2.24) is 14.7 Å². The van der Waals surface area contributed by atoms with Gasteiger partial charge < -0.3 is 9.80 Å². The second kappa shape index (κ2) is 7.35. The summed E-state index contributed by atoms with van der Waals surface area (Å²) in [5, 5.41) is 0. The van der Waals surface area contributed by atoms with Gasteiger partial charge in [-0.25, -0.2) is 4.39 Å². The Balaban J connectivity index is 1.32. The highest BCUT2D eigenvalue weighted by atomic mass is 19.1. The van der Waals surface area contributed by atoms with Crippen molar-refractivity contribution in [3.05, 3.63) is 35.6 Å². The van der Waals surface area contributed by atoms with E-state index in [0.717, 1.165) is 44.5 Å². The number of halogens is 1. The monoisotopic (exact) mass is 359 g/mol. The molecule has 140 valence electrons. The fourth-order valence-corrected chi connectivity index (χ4v) is 4.14. The van der Waals surface area contributed by atoms with E-state index in [0.29, 0.717) is 32.1 Å². The lowest BCUT2D eigenvalue weighted by atomic mass is 10.1. The van der Waals surface area contributed by atoms with Gasteiger partial charge in [0.15, 0.2) is 0 Å². The average Bonchev–Trinajstić information content (AvgIpc) is 3.41. The number of carbonyl (C=O) groups is 2. The van der Waals surface area contributed by atoms with Crippen LogP contribution in [0.4, 0.5) is 4.39 Å². The fourth-order valence-electron chi connectivity index (χ4n) is 4.14. The van der Waals surface area contributed by atoms with E-state index >= 15 is 0 Å². The third-order valence-corrected chi connectivity index (χ3v) is 5.69. The van der Waals surface area contributed by atoms with Crippen LogP contribution in [0.25, 0.3) is 0 Å². The molecule has 2 aliphatic heterocycles. The Bertz CT molecular complexity index is 691. The summed E-state index contributed by atoms with van der Waals surface area (Å²) in [6, 6.07) is 7.10. The van der Waals surface area contributed by atoms with E-state index in [1.165, 1.54) is 6.07 Å². The van der Waals surface area contributed by atoms with Crippen LogP contribution in [-0.2, 0) is 16.1 Å². The van der Waals surface area contributed by atoms with Crippen molar-refractivity contribution >= 4 is 11.8 Å². The molecule has 0 bridgehead atoms. The lowest BCUT2D eigenvalue weighted by molar-refractivity contribution is -0.135. The van der Waals surface area contributed by atoms with Gasteiger partial charge in [0.05, 0.1) is 5.92 Å². The number of carbonyl (C=O) groups excluding carboxylic acids is 2. The molecule has 5 nitrogen and oxygen atoms in total. The smallest absolute Gasteiger partial charge is 0.228 e. The highest BCUT2D eigenvalue weighted by molar-refractivity contribution is 5.89. The number of hydrogen-bond acceptors (Lipinski definition) is 3. The minimum absolute atomic E-state index is 0.133. The molecule has 6 heteroatoms. The maximum Gasteiger partial charge on any atom is 0.228 e. The van der Waals surface area contributed by atoms with E-state index in [1.54, 1.807) is 12.1 Å². The highest BCUT2D eigenvalue weighted by Gasteiger charge is 2.42. The quantitative estimate of drug-likeness (QED) is 0.824. The SMILES string of the molecule is O=C([C@@H]1CC(=O)N(C2CC2)C1)N1CCCN(Cc2cccc(F)c2)CC1. The van der Waals surface area contributed by atoms with E-state index < -0.39 is 0 Å². The minimum Gasteiger partial charge on any atom is -0.341 e. The van der Waals surface area contributed by atoms with Crippen molar-refractivity contribution < 1.29 is 14.0 Å². The van der Waals surface area contributed by atoms with Gasteiger partial charge in [-0.2, -0.15) is 0 Å². The van der Waals surface area contributed by atoms with Crippen molar-refractivity contribution in [1.29, 1.82) is 0 Å². The largest absolute Gasteiger partial charge is 0.341 e. The van der Waals surface area contributed by atoms with Gasteiger partial charge in [0.25, 0.3) is 0 Å². The molecule has 1 atom stereocenters. The Morgan fingerprint density at radius 2 is 2.00 bits per heavy atom. The first-order valence-corrected chi connectivity index (χ1v) is 9.65. The molecule has 2 heterocycles. The second-order valence-electron chi connectivity index (χ2n) is 7.76. The highest BCUT2D eigenvalue weighted by Crippen LogP contribution is 2.33. The Kier molecular flexibility index (Phi) is 4.94. The molecule has 1 aromatic carbocycles. The predicted molar refractivity (Wildman–Crippen MR) is 95.7 cm³/mol. The number of amides is 2. The Morgan fingerprint density at radius 1 is 1.15 bits per heavy atom. The Hall–Kier alpha value is -1.95. The minimum atomic E-state index is -0.208. The molecule has 1 aliphatic carbocycles. The Labute approximate surface area is 153 Å². The first-order chi connectivity index (χ1) is 12.6. The zero-order chi connectivity index (χ0) is 18.1. The third-order valence-electron chi connectivity index (χ3n) is 5.69. The second-order valence-corrected chi connectivity index (χ2v) is 7.76. The summed E-state index contributed by atoms with van der Waals surface area (Å²) < 4.78 is 13.4. The summed E-state index contributed by atoms with van der Waals surface area (Å²) >= 11 is 0. The van der Waals surface area contributed by atoms with Gasteiger partial charge >= 0.3 is 0 Å². The fraction of sp³-hybridized carbons (Fsp3) is 0.600. The van der Waals surface area contributed by atoms with Crippen molar-refractivity contribution in [3.63, 3.8) is 0 Å². The number of benzene rings is 1. The maximum atomic E-state index is 13.4. The molecule has 4 rings (SSSR count). The molecule has 0 aromatic heterocycles. The summed E-state index contributed by atoms with van der Waals surface area (Å²) in [7, 11) is 0. The van der Waals surface area contributed by atoms with Crippen molar-refractivity contribution in [2.24, 2.45) is 5.92 Å². The van der Waals surface area contributed by atoms with Crippen LogP contribution in [0.15, 0.2) is 24.3 Å². The topological polar surface area (TPSA) is 43.9 Å². The summed E-state index contributed by atoms with van der Waals surface area (Å²) in [6.07, 6.45) is 3.46. The van der Waals surface area contributed by atoms with Crippen molar-refractivity contribution in [3.8, 4) is 0 Å². The van der Waals surface area contributed by atoms with Crippen LogP contribution in [0.1, 0.15) is 31.2 Å². The molecule has 2 saturated heterocycles. The average molecular weight is 359 g/mol. The van der Waals surface area contributed by atoms with Crippen LogP contribution in [-0.4, -0.2) is 65.3 Å². The van der Waals surface area contributed by atoms with Crippen LogP contribution in [0, 0.1) is 11.7 Å². The van der Waals surface area contributed by atoms with E-state index in [-0.39, 0.29) is 23.5 Å². The first-order valence-electron chi connectivity index (χ1n) is 9.65. The van der Waals surface area contributed by atoms with Gasteiger partial charge in [-0.1, -0.05) is 12.1 Å². The van der Waals surface area contributed by atoms with Crippen LogP contribution in [0.2, 0.25) is 0 Å². The summed E-state index contributed by atoms with van der Waals surface area (Å²) in [5.74, 6) is -0.0966. The van der Waals surface area contributed by atoms with E-state index in [4.69, 9.17) is 0 Å². The molecule has 0 spiro atoms. The summed E-state index contributed by atoms with van der Waals surface area (Å²) in [4.78, 5) is 31.1. The van der Waals surface area contributed by atoms with Gasteiger partial charge in [-0.15, -0.1) is 0 Å². The zero-order valence-corrected chi connectivity index (χ0v) is 15.1. The molecular formula is C20H26FN3O2. The first kappa shape index (κ1) is 17.5. The van der Waals surface area contributed by atoms with E-state index in [2.05, 4.69) is 4.90 Å². The van der Waals surface area contributed by atoms with Gasteiger partial charge in [0.2, 0.25) is 11.8 Å². The van der Waals surface area contributed by atoms with E-state index in [9.17, 15) is 14.0 Å². The molecule has 0 unspecified atom stereocenters. The van der Waals surface area contributed by atoms with Crippen LogP contribution >= 0.6 is 0 Å². The molecule has 0 radical (unpaired) electrons. The molecule has 1 aromatic rings. The molecular weight excluding hydrogens is 333 g/mol. The van der Waals surface area contributed by atoms with Gasteiger partial charge in [-0.05, 0) is 37.0 Å². The van der Waals surface area contributed by atoms with Gasteiger partial charge in [0, 0.05) is 51.7 Å². The maximum absolute atomic E-state index is 13.4. The molecule has 26 heavy (non-hydrogen) atoms. The van der Waals surface area contributed by atoms with Gasteiger partial charge in [-0.3, -0.25) is 14.5 Å². The van der Waals surface area contributed by atoms with Crippen LogP contribution < -0.4 is 0 Å². The number of rotatable bonds is 4. The van der Waals surface area contributed by atoms with Crippen molar-refractivity contribution in [2.45, 2.75) is 38.3 Å². The van der Waals surface area contributed by atoms with Gasteiger partial charge in [0.1, 0.15) is 5.82 Å². The van der Waals surface area contributed by atoms with E-state index in [1.807, 2.05) is 15.9 Å². The number of hydrogen-bond donors (Lipinski definition) is 0. The Morgan fingerprint density at radius 3 is 2.77 bits per heavy atom. The molecule has 0 N–H and O–H groups in total.